The Hall–Kier alpha value is -4.05. The van der Waals surface area contributed by atoms with E-state index in [-0.39, 0.29) is 22.0 Å². The van der Waals surface area contributed by atoms with E-state index in [9.17, 15) is 18.3 Å². The maximum Gasteiger partial charge on any atom is 0.263 e. The van der Waals surface area contributed by atoms with Gasteiger partial charge in [-0.2, -0.15) is 0 Å². The lowest BCUT2D eigenvalue weighted by atomic mass is 10.2. The van der Waals surface area contributed by atoms with Gasteiger partial charge in [-0.15, -0.1) is 0 Å². The van der Waals surface area contributed by atoms with Crippen LogP contribution in [0.5, 0.6) is 0 Å². The molecule has 1 aromatic heterocycles. The van der Waals surface area contributed by atoms with Crippen molar-refractivity contribution < 1.29 is 18.3 Å². The van der Waals surface area contributed by atoms with Crippen molar-refractivity contribution in [1.82, 2.24) is 9.97 Å². The number of hydrogen-bond donors (Lipinski definition) is 3. The first-order valence-corrected chi connectivity index (χ1v) is 11.4. The van der Waals surface area contributed by atoms with E-state index in [0.29, 0.717) is 22.9 Å². The molecular weight excluding hydrogens is 442 g/mol. The van der Waals surface area contributed by atoms with Gasteiger partial charge in [0, 0.05) is 23.7 Å². The highest BCUT2D eigenvalue weighted by Gasteiger charge is 2.16. The molecule has 0 spiro atoms. The van der Waals surface area contributed by atoms with Gasteiger partial charge in [-0.1, -0.05) is 18.2 Å². The summed E-state index contributed by atoms with van der Waals surface area (Å²) in [5.41, 5.74) is 1.59. The number of nitrogens with zero attached hydrogens (tertiary/aromatic N) is 3. The first kappa shape index (κ1) is 23.6. The highest BCUT2D eigenvalue weighted by Crippen LogP contribution is 2.20. The van der Waals surface area contributed by atoms with Gasteiger partial charge in [0.1, 0.15) is 17.4 Å². The zero-order valence-electron chi connectivity index (χ0n) is 18.3. The minimum absolute atomic E-state index is 0.0197. The minimum Gasteiger partial charge on any atom is -0.512 e. The van der Waals surface area contributed by atoms with Crippen LogP contribution in [0.4, 0.5) is 17.2 Å². The molecular formula is C23H23N5O4S. The number of allylic oxidation sites excluding steroid dienone is 1. The van der Waals surface area contributed by atoms with Crippen LogP contribution in [0.15, 0.2) is 81.9 Å². The fourth-order valence-electron chi connectivity index (χ4n) is 2.85. The van der Waals surface area contributed by atoms with Crippen LogP contribution in [0, 0.1) is 13.8 Å². The number of aliphatic imine (C=N–C) groups is 1. The third kappa shape index (κ3) is 6.47. The van der Waals surface area contributed by atoms with Crippen molar-refractivity contribution >= 4 is 39.3 Å². The van der Waals surface area contributed by atoms with Crippen molar-refractivity contribution in [3.8, 4) is 0 Å². The number of aromatic nitrogens is 2. The number of carbonyl (C=O) groups is 1. The molecule has 3 N–H and O–H groups in total. The number of amides is 1. The smallest absolute Gasteiger partial charge is 0.263 e. The molecule has 3 aromatic rings. The zero-order valence-corrected chi connectivity index (χ0v) is 19.1. The largest absolute Gasteiger partial charge is 0.512 e. The van der Waals surface area contributed by atoms with Crippen molar-refractivity contribution in [2.24, 2.45) is 4.99 Å². The summed E-state index contributed by atoms with van der Waals surface area (Å²) >= 11 is 0. The van der Waals surface area contributed by atoms with Gasteiger partial charge in [-0.3, -0.25) is 14.5 Å². The number of anilines is 2. The molecule has 10 heteroatoms. The van der Waals surface area contributed by atoms with Gasteiger partial charge in [0.2, 0.25) is 0 Å². The highest BCUT2D eigenvalue weighted by molar-refractivity contribution is 7.92. The van der Waals surface area contributed by atoms with Gasteiger partial charge in [0.05, 0.1) is 16.2 Å². The van der Waals surface area contributed by atoms with E-state index in [1.165, 1.54) is 43.5 Å². The van der Waals surface area contributed by atoms with E-state index in [2.05, 4.69) is 25.0 Å². The number of carbonyl (C=O) groups excluding carboxylic acids is 1. The predicted octanol–water partition coefficient (Wildman–Crippen LogP) is 4.07. The van der Waals surface area contributed by atoms with Gasteiger partial charge in [-0.05, 0) is 57.2 Å². The summed E-state index contributed by atoms with van der Waals surface area (Å²) in [4.78, 5) is 24.9. The molecule has 0 unspecified atom stereocenters. The molecule has 1 heterocycles. The van der Waals surface area contributed by atoms with E-state index in [1.807, 2.05) is 6.07 Å². The van der Waals surface area contributed by atoms with Gasteiger partial charge in [-0.25, -0.2) is 18.4 Å². The number of sulfonamides is 1. The van der Waals surface area contributed by atoms with Crippen LogP contribution < -0.4 is 10.0 Å². The average Bonchev–Trinajstić information content (AvgIpc) is 2.73. The van der Waals surface area contributed by atoms with Crippen molar-refractivity contribution in [1.29, 1.82) is 0 Å². The molecule has 0 atom stereocenters. The molecule has 9 nitrogen and oxygen atoms in total. The Morgan fingerprint density at radius 2 is 1.70 bits per heavy atom. The quantitative estimate of drug-likeness (QED) is 0.274. The topological polar surface area (TPSA) is 134 Å². The van der Waals surface area contributed by atoms with Gasteiger partial charge < -0.3 is 10.4 Å². The summed E-state index contributed by atoms with van der Waals surface area (Å²) in [6, 6.07) is 16.1. The summed E-state index contributed by atoms with van der Waals surface area (Å²) < 4.78 is 27.7. The molecule has 1 amide bonds. The molecule has 0 aliphatic heterocycles. The number of aliphatic hydroxyl groups excluding tert-OH is 1. The van der Waals surface area contributed by atoms with Gasteiger partial charge >= 0.3 is 0 Å². The summed E-state index contributed by atoms with van der Waals surface area (Å²) in [6.07, 6.45) is 1.22. The minimum atomic E-state index is -3.86. The second kappa shape index (κ2) is 10.0. The van der Waals surface area contributed by atoms with Crippen LogP contribution >= 0.6 is 0 Å². The van der Waals surface area contributed by atoms with E-state index in [4.69, 9.17) is 0 Å². The van der Waals surface area contributed by atoms with Crippen LogP contribution in [-0.2, 0) is 14.8 Å². The van der Waals surface area contributed by atoms with Gasteiger partial charge in [0.15, 0.2) is 0 Å². The first-order chi connectivity index (χ1) is 15.6. The fourth-order valence-corrected chi connectivity index (χ4v) is 3.84. The number of aliphatic hydroxyl groups is 1. The fraction of sp³-hybridized carbons (Fsp3) is 0.130. The Kier molecular flexibility index (Phi) is 7.19. The first-order valence-electron chi connectivity index (χ1n) is 9.89. The molecule has 3 rings (SSSR count). The lowest BCUT2D eigenvalue weighted by molar-refractivity contribution is -0.112. The van der Waals surface area contributed by atoms with Crippen LogP contribution in [-0.4, -0.2) is 35.6 Å². The van der Waals surface area contributed by atoms with E-state index < -0.39 is 15.9 Å². The number of rotatable bonds is 7. The van der Waals surface area contributed by atoms with Crippen LogP contribution in [0.1, 0.15) is 18.4 Å². The monoisotopic (exact) mass is 465 g/mol. The number of nitrogens with one attached hydrogen (secondary N) is 2. The maximum atomic E-state index is 12.7. The summed E-state index contributed by atoms with van der Waals surface area (Å²) in [7, 11) is -3.86. The third-order valence-corrected chi connectivity index (χ3v) is 5.73. The van der Waals surface area contributed by atoms with Crippen LogP contribution in [0.2, 0.25) is 0 Å². The number of benzene rings is 2. The lowest BCUT2D eigenvalue weighted by Crippen LogP contribution is -2.16. The lowest BCUT2D eigenvalue weighted by Gasteiger charge is -2.09. The van der Waals surface area contributed by atoms with Crippen LogP contribution in [0.25, 0.3) is 0 Å². The molecule has 0 aliphatic carbocycles. The Morgan fingerprint density at radius 3 is 2.30 bits per heavy atom. The SMILES string of the molecule is CC(O)=C(C=Nc1ccc(S(=O)(=O)Nc2cc(C)nc(C)n2)cc1)C(=O)Nc1ccccc1. The second-order valence-corrected chi connectivity index (χ2v) is 8.80. The van der Waals surface area contributed by atoms with E-state index >= 15 is 0 Å². The normalized spacial score (nSPS) is 12.3. The zero-order chi connectivity index (χ0) is 24.0. The average molecular weight is 466 g/mol. The predicted molar refractivity (Wildman–Crippen MR) is 127 cm³/mol. The summed E-state index contributed by atoms with van der Waals surface area (Å²) in [5.74, 6) is -0.0914. The highest BCUT2D eigenvalue weighted by atomic mass is 32.2. The molecule has 33 heavy (non-hydrogen) atoms. The molecule has 0 saturated heterocycles. The van der Waals surface area contributed by atoms with Crippen molar-refractivity contribution in [2.75, 3.05) is 10.0 Å². The summed E-state index contributed by atoms with van der Waals surface area (Å²) in [6.45, 7) is 4.80. The Balaban J connectivity index is 1.74. The molecule has 0 saturated carbocycles. The number of para-hydroxylation sites is 1. The Morgan fingerprint density at radius 1 is 1.03 bits per heavy atom. The standard InChI is InChI=1S/C23H23N5O4S/c1-15-13-22(26-17(3)25-15)28-33(31,32)20-11-9-18(10-12-20)24-14-21(16(2)29)23(30)27-19-7-5-4-6-8-19/h4-14,29H,1-3H3,(H,27,30)(H,25,26,28). The maximum absolute atomic E-state index is 12.7. The molecule has 0 bridgehead atoms. The van der Waals surface area contributed by atoms with Crippen molar-refractivity contribution in [2.45, 2.75) is 25.7 Å². The number of aryl methyl sites for hydroxylation is 2. The van der Waals surface area contributed by atoms with Crippen molar-refractivity contribution in [3.05, 3.63) is 83.5 Å². The second-order valence-electron chi connectivity index (χ2n) is 7.12. The van der Waals surface area contributed by atoms with E-state index in [1.54, 1.807) is 38.1 Å². The molecule has 0 fully saturated rings. The van der Waals surface area contributed by atoms with Crippen LogP contribution in [0.3, 0.4) is 0 Å². The Labute approximate surface area is 192 Å². The molecule has 2 aromatic carbocycles. The van der Waals surface area contributed by atoms with E-state index in [0.717, 1.165) is 0 Å². The summed E-state index contributed by atoms with van der Waals surface area (Å²) in [5, 5.41) is 12.6. The third-order valence-electron chi connectivity index (χ3n) is 4.36. The van der Waals surface area contributed by atoms with Crippen molar-refractivity contribution in [3.63, 3.8) is 0 Å². The molecule has 0 radical (unpaired) electrons. The molecule has 170 valence electrons. The Bertz CT molecular complexity index is 1290. The molecule has 0 aliphatic rings. The van der Waals surface area contributed by atoms with Gasteiger partial charge in [0.25, 0.3) is 15.9 Å². The number of hydrogen-bond acceptors (Lipinski definition) is 7.